The van der Waals surface area contributed by atoms with Crippen LogP contribution in [0.25, 0.3) is 0 Å². The number of para-hydroxylation sites is 1. The molecule has 0 bridgehead atoms. The van der Waals surface area contributed by atoms with E-state index >= 15 is 0 Å². The number of benzene rings is 2. The molecule has 0 aromatic heterocycles. The third-order valence-corrected chi connectivity index (χ3v) is 7.36. The summed E-state index contributed by atoms with van der Waals surface area (Å²) in [6, 6.07) is 9.34. The van der Waals surface area contributed by atoms with E-state index in [1.54, 1.807) is 24.3 Å². The number of carbonyl (C=O) groups excluding carboxylic acids is 1. The Balaban J connectivity index is 1.70. The lowest BCUT2D eigenvalue weighted by Gasteiger charge is -2.32. The van der Waals surface area contributed by atoms with Gasteiger partial charge in [-0.3, -0.25) is 19.8 Å². The summed E-state index contributed by atoms with van der Waals surface area (Å²) in [4.78, 5) is 27.9. The minimum Gasteiger partial charge on any atom is -0.493 e. The Hall–Kier alpha value is -3.10. The van der Waals surface area contributed by atoms with Crippen molar-refractivity contribution >= 4 is 23.2 Å². The van der Waals surface area contributed by atoms with E-state index in [0.29, 0.717) is 39.9 Å². The molecule has 0 radical (unpaired) electrons. The summed E-state index contributed by atoms with van der Waals surface area (Å²) >= 11 is 6.56. The highest BCUT2D eigenvalue weighted by Gasteiger charge is 2.73. The van der Waals surface area contributed by atoms with Crippen molar-refractivity contribution in [2.75, 3.05) is 25.6 Å². The first kappa shape index (κ1) is 21.7. The molecule has 1 amide bonds. The van der Waals surface area contributed by atoms with E-state index in [9.17, 15) is 14.9 Å². The van der Waals surface area contributed by atoms with Gasteiger partial charge in [0.1, 0.15) is 6.61 Å². The second-order valence-corrected chi connectivity index (χ2v) is 8.97. The van der Waals surface area contributed by atoms with E-state index in [-0.39, 0.29) is 23.5 Å². The van der Waals surface area contributed by atoms with E-state index in [4.69, 9.17) is 21.1 Å². The molecule has 2 aromatic carbocycles. The molecule has 9 heteroatoms. The summed E-state index contributed by atoms with van der Waals surface area (Å²) in [5.74, 6) is -0.147. The van der Waals surface area contributed by atoms with Crippen LogP contribution >= 0.6 is 11.6 Å². The minimum atomic E-state index is -1.37. The van der Waals surface area contributed by atoms with Gasteiger partial charge in [-0.1, -0.05) is 42.5 Å². The van der Waals surface area contributed by atoms with E-state index < -0.39 is 17.5 Å². The Bertz CT molecular complexity index is 1150. The molecule has 0 unspecified atom stereocenters. The topological polar surface area (TPSA) is 93.9 Å². The molecule has 3 aliphatic heterocycles. The zero-order chi connectivity index (χ0) is 23.3. The first-order valence-corrected chi connectivity index (χ1v) is 11.2. The summed E-state index contributed by atoms with van der Waals surface area (Å²) in [6.07, 6.45) is 3.20. The van der Waals surface area contributed by atoms with Crippen molar-refractivity contribution < 1.29 is 19.2 Å². The van der Waals surface area contributed by atoms with E-state index in [2.05, 4.69) is 11.9 Å². The van der Waals surface area contributed by atoms with Crippen LogP contribution in [0.4, 0.5) is 5.69 Å². The number of fused-ring (bicyclic) bond motifs is 4. The van der Waals surface area contributed by atoms with Crippen molar-refractivity contribution in [1.82, 2.24) is 4.90 Å². The van der Waals surface area contributed by atoms with Crippen LogP contribution in [-0.4, -0.2) is 48.1 Å². The van der Waals surface area contributed by atoms with Crippen LogP contribution in [0.3, 0.4) is 0 Å². The van der Waals surface area contributed by atoms with Crippen molar-refractivity contribution in [1.29, 1.82) is 0 Å². The van der Waals surface area contributed by atoms with Gasteiger partial charge < -0.3 is 14.8 Å². The number of nitrogens with one attached hydrogen (secondary N) is 1. The van der Waals surface area contributed by atoms with E-state index in [0.717, 1.165) is 12.8 Å². The first-order chi connectivity index (χ1) is 15.9. The van der Waals surface area contributed by atoms with Gasteiger partial charge in [0.25, 0.3) is 11.9 Å². The van der Waals surface area contributed by atoms with Crippen LogP contribution in [0.15, 0.2) is 49.1 Å². The van der Waals surface area contributed by atoms with Gasteiger partial charge in [0, 0.05) is 28.8 Å². The number of hydrogen-bond acceptors (Lipinski definition) is 6. The molecule has 1 N–H and O–H groups in total. The highest BCUT2D eigenvalue weighted by molar-refractivity contribution is 6.32. The zero-order valence-electron chi connectivity index (χ0n) is 18.1. The molecule has 3 heterocycles. The maximum absolute atomic E-state index is 13.5. The molecular formula is C24H24ClN3O5. The smallest absolute Gasteiger partial charge is 0.256 e. The lowest BCUT2D eigenvalue weighted by atomic mass is 9.77. The van der Waals surface area contributed by atoms with Gasteiger partial charge >= 0.3 is 0 Å². The molecule has 4 atom stereocenters. The fraction of sp³-hybridized carbons (Fsp3) is 0.375. The van der Waals surface area contributed by atoms with Crippen molar-refractivity contribution in [3.63, 3.8) is 0 Å². The molecule has 2 fully saturated rings. The van der Waals surface area contributed by atoms with Crippen LogP contribution in [0.1, 0.15) is 29.9 Å². The van der Waals surface area contributed by atoms with Crippen LogP contribution in [0.2, 0.25) is 5.02 Å². The molecule has 33 heavy (non-hydrogen) atoms. The van der Waals surface area contributed by atoms with Crippen LogP contribution in [-0.2, 0) is 10.3 Å². The van der Waals surface area contributed by atoms with E-state index in [1.807, 2.05) is 23.1 Å². The molecule has 2 saturated heterocycles. The lowest BCUT2D eigenvalue weighted by Crippen LogP contribution is -2.55. The van der Waals surface area contributed by atoms with E-state index in [1.165, 1.54) is 7.11 Å². The lowest BCUT2D eigenvalue weighted by molar-refractivity contribution is -0.534. The second-order valence-electron chi connectivity index (χ2n) is 8.56. The predicted molar refractivity (Wildman–Crippen MR) is 124 cm³/mol. The highest BCUT2D eigenvalue weighted by Crippen LogP contribution is 2.58. The van der Waals surface area contributed by atoms with Gasteiger partial charge in [-0.2, -0.15) is 0 Å². The van der Waals surface area contributed by atoms with Gasteiger partial charge in [0.2, 0.25) is 0 Å². The molecule has 8 nitrogen and oxygen atoms in total. The number of rotatable bonds is 6. The SMILES string of the molecule is C=CCOc1c(Cl)cc([C@@H]2[C@@H]3CCCN3[C@]3(C(=O)Nc4ccccc43)[C@@H]2[N+](=O)[O-])cc1OC. The molecule has 0 saturated carbocycles. The minimum absolute atomic E-state index is 0.182. The Kier molecular flexibility index (Phi) is 5.29. The third kappa shape index (κ3) is 2.97. The molecule has 172 valence electrons. The van der Waals surface area contributed by atoms with Crippen LogP contribution in [0.5, 0.6) is 11.5 Å². The largest absolute Gasteiger partial charge is 0.493 e. The molecule has 5 rings (SSSR count). The Morgan fingerprint density at radius 1 is 1.39 bits per heavy atom. The maximum Gasteiger partial charge on any atom is 0.256 e. The third-order valence-electron chi connectivity index (χ3n) is 7.08. The maximum atomic E-state index is 13.5. The molecular weight excluding hydrogens is 446 g/mol. The number of halogens is 1. The highest BCUT2D eigenvalue weighted by atomic mass is 35.5. The summed E-state index contributed by atoms with van der Waals surface area (Å²) < 4.78 is 11.2. The number of methoxy groups -OCH3 is 1. The van der Waals surface area contributed by atoms with Crippen molar-refractivity contribution in [3.05, 3.63) is 75.3 Å². The van der Waals surface area contributed by atoms with Crippen molar-refractivity contribution in [2.24, 2.45) is 0 Å². The number of amides is 1. The first-order valence-electron chi connectivity index (χ1n) is 10.9. The number of anilines is 1. The van der Waals surface area contributed by atoms with Crippen molar-refractivity contribution in [3.8, 4) is 11.5 Å². The quantitative estimate of drug-likeness (QED) is 0.391. The fourth-order valence-electron chi connectivity index (χ4n) is 5.99. The normalized spacial score (nSPS) is 27.8. The molecule has 0 aliphatic carbocycles. The number of carbonyl (C=O) groups is 1. The van der Waals surface area contributed by atoms with Crippen LogP contribution < -0.4 is 14.8 Å². The molecule has 2 aromatic rings. The summed E-state index contributed by atoms with van der Waals surface area (Å²) in [7, 11) is 1.50. The van der Waals surface area contributed by atoms with Crippen molar-refractivity contribution in [2.45, 2.75) is 36.4 Å². The monoisotopic (exact) mass is 469 g/mol. The average molecular weight is 470 g/mol. The number of nitro groups is 1. The Labute approximate surface area is 196 Å². The summed E-state index contributed by atoms with van der Waals surface area (Å²) in [6.45, 7) is 4.50. The Morgan fingerprint density at radius 3 is 2.91 bits per heavy atom. The second kappa shape index (κ2) is 8.04. The molecule has 3 aliphatic rings. The van der Waals surface area contributed by atoms with Gasteiger partial charge in [-0.25, -0.2) is 0 Å². The summed E-state index contributed by atoms with van der Waals surface area (Å²) in [5, 5.41) is 15.9. The van der Waals surface area contributed by atoms with Crippen LogP contribution in [0, 0.1) is 10.1 Å². The summed E-state index contributed by atoms with van der Waals surface area (Å²) in [5.41, 5.74) is 0.582. The van der Waals surface area contributed by atoms with Gasteiger partial charge in [0.15, 0.2) is 17.0 Å². The van der Waals surface area contributed by atoms with Gasteiger partial charge in [0.05, 0.1) is 18.1 Å². The standard InChI is InChI=1S/C24H24ClN3O5/c1-3-11-33-21-16(25)12-14(13-19(21)32-2)20-18-9-6-10-27(18)24(22(20)28(30)31)15-7-4-5-8-17(15)26-23(24)29/h3-5,7-8,12-13,18,20,22H,1,6,9-11H2,2H3,(H,26,29)/t18-,20+,22+,24-/m0/s1. The number of ether oxygens (including phenoxy) is 2. The predicted octanol–water partition coefficient (Wildman–Crippen LogP) is 3.97. The fourth-order valence-corrected chi connectivity index (χ4v) is 6.26. The van der Waals surface area contributed by atoms with Gasteiger partial charge in [-0.15, -0.1) is 0 Å². The average Bonchev–Trinajstić information content (AvgIpc) is 3.45. The van der Waals surface area contributed by atoms with Gasteiger partial charge in [-0.05, 0) is 36.6 Å². The Morgan fingerprint density at radius 2 is 2.18 bits per heavy atom. The number of hydrogen-bond donors (Lipinski definition) is 1. The number of nitrogens with zero attached hydrogens (tertiary/aromatic N) is 2. The zero-order valence-corrected chi connectivity index (χ0v) is 18.9. The molecule has 1 spiro atoms.